The van der Waals surface area contributed by atoms with Gasteiger partial charge in [-0.15, -0.1) is 0 Å². The molecule has 0 atom stereocenters. The second-order valence-corrected chi connectivity index (χ2v) is 6.90. The van der Waals surface area contributed by atoms with Gasteiger partial charge in [-0.1, -0.05) is 18.2 Å². The monoisotopic (exact) mass is 415 g/mol. The Balaban J connectivity index is 2.10. The molecule has 0 bridgehead atoms. The van der Waals surface area contributed by atoms with E-state index in [1.54, 1.807) is 18.2 Å². The Morgan fingerprint density at radius 3 is 2.43 bits per heavy atom. The fourth-order valence-electron chi connectivity index (χ4n) is 3.23. The highest BCUT2D eigenvalue weighted by atomic mass is 19.1. The average Bonchev–Trinajstić information content (AvgIpc) is 2.69. The third-order valence-electron chi connectivity index (χ3n) is 4.88. The minimum absolute atomic E-state index is 0.365. The lowest BCUT2D eigenvalue weighted by Gasteiger charge is -2.25. The van der Waals surface area contributed by atoms with Crippen molar-refractivity contribution in [3.05, 3.63) is 77.1 Å². The Labute approximate surface area is 172 Å². The zero-order valence-electron chi connectivity index (χ0n) is 16.7. The number of halogens is 3. The van der Waals surface area contributed by atoms with Gasteiger partial charge in [-0.2, -0.15) is 0 Å². The Morgan fingerprint density at radius 1 is 1.03 bits per heavy atom. The van der Waals surface area contributed by atoms with Gasteiger partial charge in [0.25, 0.3) is 0 Å². The maximum Gasteiger partial charge on any atom is 0.341 e. The van der Waals surface area contributed by atoms with E-state index in [0.29, 0.717) is 16.8 Å². The first-order chi connectivity index (χ1) is 14.2. The molecule has 3 rings (SSSR count). The molecule has 4 nitrogen and oxygen atoms in total. The van der Waals surface area contributed by atoms with Crippen LogP contribution < -0.4 is 9.64 Å². The highest BCUT2D eigenvalue weighted by Gasteiger charge is 2.22. The Kier molecular flexibility index (Phi) is 6.01. The number of aryl methyl sites for hydroxylation is 1. The van der Waals surface area contributed by atoms with Crippen molar-refractivity contribution < 1.29 is 27.8 Å². The van der Waals surface area contributed by atoms with Crippen LogP contribution in [-0.4, -0.2) is 24.7 Å². The first-order valence-corrected chi connectivity index (χ1v) is 9.12. The predicted molar refractivity (Wildman–Crippen MR) is 109 cm³/mol. The highest BCUT2D eigenvalue weighted by molar-refractivity contribution is 5.76. The van der Waals surface area contributed by atoms with Gasteiger partial charge in [-0.05, 0) is 66.4 Å². The Morgan fingerprint density at radius 2 is 1.77 bits per heavy atom. The maximum atomic E-state index is 15.0. The molecule has 156 valence electrons. The van der Waals surface area contributed by atoms with Gasteiger partial charge in [0, 0.05) is 12.7 Å². The summed E-state index contributed by atoms with van der Waals surface area (Å²) in [6, 6.07) is 11.7. The molecule has 7 heteroatoms. The SMILES string of the molecule is Cc1cc(-c2cccc(F)c2)cc(N(C)c2c(F)ccc(OCC(=O)O)c2F)c1C. The van der Waals surface area contributed by atoms with Gasteiger partial charge in [0.05, 0.1) is 0 Å². The van der Waals surface area contributed by atoms with E-state index < -0.39 is 24.2 Å². The summed E-state index contributed by atoms with van der Waals surface area (Å²) in [6.45, 7) is 2.92. The predicted octanol–water partition coefficient (Wildman–Crippen LogP) is 5.62. The number of nitrogens with zero attached hydrogens (tertiary/aromatic N) is 1. The molecule has 0 spiro atoms. The molecule has 0 saturated heterocycles. The van der Waals surface area contributed by atoms with Crippen molar-refractivity contribution in [1.29, 1.82) is 0 Å². The molecule has 0 aliphatic carbocycles. The summed E-state index contributed by atoms with van der Waals surface area (Å²) in [5.74, 6) is -3.86. The molecule has 30 heavy (non-hydrogen) atoms. The van der Waals surface area contributed by atoms with Crippen LogP contribution in [0.2, 0.25) is 0 Å². The molecule has 3 aromatic rings. The van der Waals surface area contributed by atoms with Crippen LogP contribution in [0.5, 0.6) is 5.75 Å². The van der Waals surface area contributed by atoms with Crippen LogP contribution in [-0.2, 0) is 4.79 Å². The molecule has 3 aromatic carbocycles. The standard InChI is InChI=1S/C23H20F3NO3/c1-13-9-16(15-5-4-6-17(24)10-15)11-19(14(13)2)27(3)23-18(25)7-8-20(22(23)26)30-12-21(28)29/h4-11H,12H2,1-3H3,(H,28,29). The van der Waals surface area contributed by atoms with Crippen LogP contribution >= 0.6 is 0 Å². The van der Waals surface area contributed by atoms with Crippen LogP contribution in [0.25, 0.3) is 11.1 Å². The number of rotatable bonds is 6. The molecule has 0 amide bonds. The topological polar surface area (TPSA) is 49.8 Å². The molecule has 0 radical (unpaired) electrons. The smallest absolute Gasteiger partial charge is 0.341 e. The van der Waals surface area contributed by atoms with Gasteiger partial charge in [0.1, 0.15) is 17.3 Å². The molecule has 0 heterocycles. The number of hydrogen-bond acceptors (Lipinski definition) is 3. The van der Waals surface area contributed by atoms with Gasteiger partial charge in [0.15, 0.2) is 18.2 Å². The third kappa shape index (κ3) is 4.25. The van der Waals surface area contributed by atoms with Crippen LogP contribution in [0.1, 0.15) is 11.1 Å². The maximum absolute atomic E-state index is 15.0. The number of carboxylic acid groups (broad SMARTS) is 1. The van der Waals surface area contributed by atoms with Crippen molar-refractivity contribution in [2.45, 2.75) is 13.8 Å². The average molecular weight is 415 g/mol. The van der Waals surface area contributed by atoms with Crippen LogP contribution in [0, 0.1) is 31.3 Å². The van der Waals surface area contributed by atoms with Crippen molar-refractivity contribution in [3.8, 4) is 16.9 Å². The zero-order valence-corrected chi connectivity index (χ0v) is 16.7. The summed E-state index contributed by atoms with van der Waals surface area (Å²) in [4.78, 5) is 12.0. The Bertz CT molecular complexity index is 1120. The number of hydrogen-bond donors (Lipinski definition) is 1. The lowest BCUT2D eigenvalue weighted by atomic mass is 9.98. The third-order valence-corrected chi connectivity index (χ3v) is 4.88. The van der Waals surface area contributed by atoms with Crippen LogP contribution in [0.15, 0.2) is 48.5 Å². The van der Waals surface area contributed by atoms with E-state index in [2.05, 4.69) is 0 Å². The molecular weight excluding hydrogens is 395 g/mol. The van der Waals surface area contributed by atoms with Crippen molar-refractivity contribution in [2.24, 2.45) is 0 Å². The number of carbonyl (C=O) groups is 1. The molecule has 0 aromatic heterocycles. The van der Waals surface area contributed by atoms with E-state index >= 15 is 0 Å². The first-order valence-electron chi connectivity index (χ1n) is 9.12. The van der Waals surface area contributed by atoms with E-state index in [1.165, 1.54) is 24.1 Å². The van der Waals surface area contributed by atoms with E-state index in [0.717, 1.165) is 23.3 Å². The van der Waals surface area contributed by atoms with Gasteiger partial charge in [-0.25, -0.2) is 18.0 Å². The lowest BCUT2D eigenvalue weighted by Crippen LogP contribution is -2.17. The van der Waals surface area contributed by atoms with Crippen molar-refractivity contribution in [3.63, 3.8) is 0 Å². The second-order valence-electron chi connectivity index (χ2n) is 6.90. The van der Waals surface area contributed by atoms with Gasteiger partial charge in [0.2, 0.25) is 0 Å². The molecule has 0 aliphatic heterocycles. The largest absolute Gasteiger partial charge is 0.479 e. The summed E-state index contributed by atoms with van der Waals surface area (Å²) >= 11 is 0. The number of aliphatic carboxylic acids is 1. The summed E-state index contributed by atoms with van der Waals surface area (Å²) in [5, 5.41) is 8.74. The highest BCUT2D eigenvalue weighted by Crippen LogP contribution is 2.38. The quantitative estimate of drug-likeness (QED) is 0.568. The van der Waals surface area contributed by atoms with Crippen LogP contribution in [0.3, 0.4) is 0 Å². The zero-order chi connectivity index (χ0) is 22.0. The summed E-state index contributed by atoms with van der Waals surface area (Å²) in [7, 11) is 1.50. The number of benzene rings is 3. The fourth-order valence-corrected chi connectivity index (χ4v) is 3.23. The fraction of sp³-hybridized carbons (Fsp3) is 0.174. The van der Waals surface area contributed by atoms with Crippen molar-refractivity contribution in [2.75, 3.05) is 18.6 Å². The minimum atomic E-state index is -1.28. The number of anilines is 2. The van der Waals surface area contributed by atoms with Gasteiger partial charge < -0.3 is 14.7 Å². The minimum Gasteiger partial charge on any atom is -0.479 e. The lowest BCUT2D eigenvalue weighted by molar-refractivity contribution is -0.139. The Hall–Kier alpha value is -3.48. The summed E-state index contributed by atoms with van der Waals surface area (Å²) < 4.78 is 48.2. The van der Waals surface area contributed by atoms with Gasteiger partial charge in [-0.3, -0.25) is 0 Å². The van der Waals surface area contributed by atoms with Crippen molar-refractivity contribution in [1.82, 2.24) is 0 Å². The number of carboxylic acids is 1. The normalized spacial score (nSPS) is 10.7. The molecule has 0 unspecified atom stereocenters. The second kappa shape index (κ2) is 8.49. The van der Waals surface area contributed by atoms with E-state index in [9.17, 15) is 18.0 Å². The summed E-state index contributed by atoms with van der Waals surface area (Å²) in [6.07, 6.45) is 0. The molecular formula is C23H20F3NO3. The van der Waals surface area contributed by atoms with E-state index in [-0.39, 0.29) is 17.3 Å². The molecule has 0 saturated carbocycles. The first kappa shape index (κ1) is 21.2. The number of ether oxygens (including phenoxy) is 1. The van der Waals surface area contributed by atoms with Crippen molar-refractivity contribution >= 4 is 17.3 Å². The van der Waals surface area contributed by atoms with E-state index in [1.807, 2.05) is 19.9 Å². The molecule has 1 N–H and O–H groups in total. The molecule has 0 fully saturated rings. The summed E-state index contributed by atoms with van der Waals surface area (Å²) in [5.41, 5.74) is 3.11. The van der Waals surface area contributed by atoms with Crippen LogP contribution in [0.4, 0.5) is 24.5 Å². The van der Waals surface area contributed by atoms with Gasteiger partial charge >= 0.3 is 5.97 Å². The van der Waals surface area contributed by atoms with E-state index in [4.69, 9.17) is 9.84 Å². The molecule has 0 aliphatic rings.